The van der Waals surface area contributed by atoms with Crippen LogP contribution >= 0.6 is 31.1 Å². The Morgan fingerprint density at radius 1 is 1.27 bits per heavy atom. The minimum Gasteiger partial charge on any atom is -0.395 e. The Bertz CT molecular complexity index is 1390. The third-order valence-corrected chi connectivity index (χ3v) is 9.59. The molecule has 3 unspecified atom stereocenters. The van der Waals surface area contributed by atoms with Gasteiger partial charge in [-0.3, -0.25) is 18.4 Å². The number of ether oxygens (including phenoxy) is 1. The van der Waals surface area contributed by atoms with E-state index in [1.807, 2.05) is 30.3 Å². The average Bonchev–Trinajstić information content (AvgIpc) is 3.48. The van der Waals surface area contributed by atoms with Crippen molar-refractivity contribution in [1.82, 2.24) is 24.6 Å². The summed E-state index contributed by atoms with van der Waals surface area (Å²) in [4.78, 5) is 24.5. The van der Waals surface area contributed by atoms with Gasteiger partial charge in [0.2, 0.25) is 0 Å². The second kappa shape index (κ2) is 13.1. The molecule has 0 spiro atoms. The Morgan fingerprint density at radius 2 is 2.00 bits per heavy atom. The van der Waals surface area contributed by atoms with Gasteiger partial charge in [0.05, 0.1) is 31.6 Å². The Hall–Kier alpha value is -1.97. The Morgan fingerprint density at radius 3 is 2.71 bits per heavy atom. The first-order valence-electron chi connectivity index (χ1n) is 12.7. The zero-order chi connectivity index (χ0) is 29.8. The van der Waals surface area contributed by atoms with E-state index in [2.05, 4.69) is 20.0 Å². The Labute approximate surface area is 246 Å². The highest BCUT2D eigenvalue weighted by Gasteiger charge is 2.54. The van der Waals surface area contributed by atoms with Gasteiger partial charge in [-0.2, -0.15) is 0 Å². The SMILES string of the molecule is CC(C)(CO)C(=O)SCCOP(=O)(NCc1ccccc1)OC[C@H]1O[C@@H](n2cnc3c(Cl)ncnc32)C(C)(O)C1O. The molecule has 4 rings (SSSR count). The van der Waals surface area contributed by atoms with Crippen LogP contribution in [0.15, 0.2) is 43.0 Å². The topological polar surface area (TPSA) is 178 Å². The fourth-order valence-electron chi connectivity index (χ4n) is 4.01. The molecular weight excluding hydrogens is 597 g/mol. The lowest BCUT2D eigenvalue weighted by atomic mass is 9.96. The van der Waals surface area contributed by atoms with E-state index in [-0.39, 0.29) is 35.8 Å². The number of imidazole rings is 1. The van der Waals surface area contributed by atoms with Crippen LogP contribution in [0.4, 0.5) is 0 Å². The largest absolute Gasteiger partial charge is 0.405 e. The predicted octanol–water partition coefficient (Wildman–Crippen LogP) is 2.70. The molecule has 1 aliphatic heterocycles. The van der Waals surface area contributed by atoms with Gasteiger partial charge < -0.3 is 20.1 Å². The number of aliphatic hydroxyl groups is 3. The number of aromatic nitrogens is 4. The van der Waals surface area contributed by atoms with Crippen LogP contribution in [0.25, 0.3) is 11.2 Å². The van der Waals surface area contributed by atoms with Gasteiger partial charge in [0.1, 0.15) is 29.7 Å². The van der Waals surface area contributed by atoms with Crippen LogP contribution in [0.1, 0.15) is 32.6 Å². The molecule has 1 fully saturated rings. The molecular formula is C25H33ClN5O8PS. The molecule has 5 atom stereocenters. The molecule has 0 aliphatic carbocycles. The molecule has 1 saturated heterocycles. The van der Waals surface area contributed by atoms with Crippen molar-refractivity contribution in [3.63, 3.8) is 0 Å². The number of rotatable bonds is 13. The van der Waals surface area contributed by atoms with Gasteiger partial charge >= 0.3 is 7.75 Å². The third kappa shape index (κ3) is 7.34. The van der Waals surface area contributed by atoms with Crippen molar-refractivity contribution in [1.29, 1.82) is 0 Å². The van der Waals surface area contributed by atoms with E-state index in [0.717, 1.165) is 17.3 Å². The van der Waals surface area contributed by atoms with Crippen molar-refractivity contribution in [2.45, 2.75) is 51.4 Å². The number of fused-ring (bicyclic) bond motifs is 1. The molecule has 2 aromatic heterocycles. The maximum absolute atomic E-state index is 13.7. The van der Waals surface area contributed by atoms with Crippen LogP contribution in [0.2, 0.25) is 5.15 Å². The number of nitrogens with zero attached hydrogens (tertiary/aromatic N) is 4. The summed E-state index contributed by atoms with van der Waals surface area (Å²) >= 11 is 7.05. The van der Waals surface area contributed by atoms with Gasteiger partial charge in [-0.15, -0.1) is 0 Å². The number of halogens is 1. The highest BCUT2D eigenvalue weighted by molar-refractivity contribution is 8.13. The summed E-state index contributed by atoms with van der Waals surface area (Å²) in [5.74, 6) is 0.167. The van der Waals surface area contributed by atoms with Gasteiger partial charge in [0.15, 0.2) is 22.1 Å². The highest BCUT2D eigenvalue weighted by Crippen LogP contribution is 2.47. The summed E-state index contributed by atoms with van der Waals surface area (Å²) in [6, 6.07) is 9.18. The van der Waals surface area contributed by atoms with Crippen molar-refractivity contribution < 1.29 is 38.5 Å². The Balaban J connectivity index is 1.44. The number of aliphatic hydroxyl groups excluding tert-OH is 2. The van der Waals surface area contributed by atoms with E-state index in [4.69, 9.17) is 25.4 Å². The van der Waals surface area contributed by atoms with Gasteiger partial charge in [-0.25, -0.2) is 24.6 Å². The number of benzene rings is 1. The second-order valence-electron chi connectivity index (χ2n) is 10.3. The van der Waals surface area contributed by atoms with Crippen molar-refractivity contribution in [3.05, 3.63) is 53.7 Å². The van der Waals surface area contributed by atoms with E-state index in [1.54, 1.807) is 13.8 Å². The van der Waals surface area contributed by atoms with Crippen LogP contribution in [0, 0.1) is 5.41 Å². The van der Waals surface area contributed by atoms with Crippen LogP contribution in [-0.2, 0) is 29.7 Å². The molecule has 1 aliphatic rings. The van der Waals surface area contributed by atoms with E-state index >= 15 is 0 Å². The summed E-state index contributed by atoms with van der Waals surface area (Å²) in [6.45, 7) is 3.99. The van der Waals surface area contributed by atoms with E-state index in [9.17, 15) is 24.7 Å². The van der Waals surface area contributed by atoms with E-state index in [1.165, 1.54) is 24.1 Å². The summed E-state index contributed by atoms with van der Waals surface area (Å²) in [6.07, 6.45) is -1.07. The van der Waals surface area contributed by atoms with Crippen LogP contribution in [0.3, 0.4) is 0 Å². The number of carbonyl (C=O) groups excluding carboxylic acids is 1. The maximum atomic E-state index is 13.7. The zero-order valence-corrected chi connectivity index (χ0v) is 25.2. The first kappa shape index (κ1) is 32.0. The molecule has 0 bridgehead atoms. The quantitative estimate of drug-likeness (QED) is 0.123. The lowest BCUT2D eigenvalue weighted by Crippen LogP contribution is -2.44. The van der Waals surface area contributed by atoms with Crippen molar-refractivity contribution >= 4 is 47.4 Å². The smallest absolute Gasteiger partial charge is 0.395 e. The van der Waals surface area contributed by atoms with Crippen LogP contribution in [-0.4, -0.2) is 83.3 Å². The minimum absolute atomic E-state index is 0.104. The first-order chi connectivity index (χ1) is 19.4. The normalized spacial score (nSPS) is 24.5. The molecule has 1 aromatic carbocycles. The number of thioether (sulfide) groups is 1. The summed E-state index contributed by atoms with van der Waals surface area (Å²) in [5.41, 5.74) is -1.32. The molecule has 4 N–H and O–H groups in total. The first-order valence-corrected chi connectivity index (χ1v) is 15.6. The predicted molar refractivity (Wildman–Crippen MR) is 152 cm³/mol. The lowest BCUT2D eigenvalue weighted by Gasteiger charge is -2.27. The highest BCUT2D eigenvalue weighted by atomic mass is 35.5. The lowest BCUT2D eigenvalue weighted by molar-refractivity contribution is -0.119. The molecule has 224 valence electrons. The summed E-state index contributed by atoms with van der Waals surface area (Å²) in [7, 11) is -3.99. The fourth-order valence-corrected chi connectivity index (χ4v) is 6.42. The van der Waals surface area contributed by atoms with Gasteiger partial charge in [-0.1, -0.05) is 53.7 Å². The van der Waals surface area contributed by atoms with Crippen molar-refractivity contribution in [2.24, 2.45) is 5.41 Å². The summed E-state index contributed by atoms with van der Waals surface area (Å²) < 4.78 is 32.4. The molecule has 3 aromatic rings. The van der Waals surface area contributed by atoms with Crippen LogP contribution < -0.4 is 5.09 Å². The van der Waals surface area contributed by atoms with Crippen molar-refractivity contribution in [2.75, 3.05) is 25.6 Å². The standard InChI is InChI=1S/C25H33ClN5O8PS/c1-24(2,13-32)23(34)41-10-9-37-40(36,30-11-16-7-5-4-6-8-16)38-12-17-19(33)25(3,35)22(39-17)31-15-29-18-20(26)27-14-28-21(18)31/h4-8,14-15,17,19,22,32-33,35H,9-13H2,1-3H3,(H,30,36)/t17-,19?,22-,25?,40?/m1/s1. The van der Waals surface area contributed by atoms with Gasteiger partial charge in [0.25, 0.3) is 0 Å². The number of hydrogen-bond donors (Lipinski definition) is 4. The zero-order valence-electron chi connectivity index (χ0n) is 22.7. The Kier molecular flexibility index (Phi) is 10.2. The number of carbonyl (C=O) groups is 1. The molecule has 41 heavy (non-hydrogen) atoms. The monoisotopic (exact) mass is 629 g/mol. The number of hydrogen-bond acceptors (Lipinski definition) is 12. The average molecular weight is 630 g/mol. The fraction of sp³-hybridized carbons (Fsp3) is 0.520. The number of nitrogens with one attached hydrogen (secondary N) is 1. The van der Waals surface area contributed by atoms with Crippen LogP contribution in [0.5, 0.6) is 0 Å². The molecule has 0 radical (unpaired) electrons. The molecule has 0 amide bonds. The van der Waals surface area contributed by atoms with Gasteiger partial charge in [-0.05, 0) is 26.3 Å². The third-order valence-electron chi connectivity index (χ3n) is 6.58. The molecule has 3 heterocycles. The van der Waals surface area contributed by atoms with Crippen molar-refractivity contribution in [3.8, 4) is 0 Å². The second-order valence-corrected chi connectivity index (χ2v) is 13.6. The van der Waals surface area contributed by atoms with E-state index < -0.39 is 43.8 Å². The summed E-state index contributed by atoms with van der Waals surface area (Å²) in [5, 5.41) is 34.2. The minimum atomic E-state index is -3.99. The molecule has 0 saturated carbocycles. The molecule has 16 heteroatoms. The van der Waals surface area contributed by atoms with E-state index in [0.29, 0.717) is 11.2 Å². The van der Waals surface area contributed by atoms with Gasteiger partial charge in [0, 0.05) is 12.3 Å². The maximum Gasteiger partial charge on any atom is 0.405 e. The molecule has 13 nitrogen and oxygen atoms in total.